The van der Waals surface area contributed by atoms with Crippen LogP contribution in [0.1, 0.15) is 5.56 Å². The van der Waals surface area contributed by atoms with Gasteiger partial charge in [-0.25, -0.2) is 4.79 Å². The Bertz CT molecular complexity index is 405. The molecule has 80 valence electrons. The normalized spacial score (nSPS) is 9.60. The van der Waals surface area contributed by atoms with Crippen LogP contribution in [-0.4, -0.2) is 16.1 Å². The molecule has 0 unspecified atom stereocenters. The number of nitro benzene ring substituents is 1. The summed E-state index contributed by atoms with van der Waals surface area (Å²) in [5.41, 5.74) is 5.81. The summed E-state index contributed by atoms with van der Waals surface area (Å²) in [5, 5.41) is 20.9. The third kappa shape index (κ3) is 2.83. The number of anilines is 1. The third-order valence-electron chi connectivity index (χ3n) is 1.73. The number of nitrogens with two attached hydrogens (primary N) is 1. The van der Waals surface area contributed by atoms with Crippen molar-refractivity contribution in [2.24, 2.45) is 0 Å². The van der Waals surface area contributed by atoms with E-state index in [9.17, 15) is 14.9 Å². The largest absolute Gasteiger partial charge is 0.465 e. The molecule has 0 bridgehead atoms. The van der Waals surface area contributed by atoms with Gasteiger partial charge in [0, 0.05) is 12.6 Å². The van der Waals surface area contributed by atoms with Crippen LogP contribution in [0, 0.1) is 10.1 Å². The van der Waals surface area contributed by atoms with E-state index in [0.29, 0.717) is 5.56 Å². The molecule has 1 aromatic rings. The summed E-state index contributed by atoms with van der Waals surface area (Å²) >= 11 is 0. The van der Waals surface area contributed by atoms with Crippen molar-refractivity contribution in [3.63, 3.8) is 0 Å². The molecule has 0 aliphatic rings. The Labute approximate surface area is 84.7 Å². The molecule has 0 spiro atoms. The van der Waals surface area contributed by atoms with Gasteiger partial charge in [-0.15, -0.1) is 0 Å². The third-order valence-corrected chi connectivity index (χ3v) is 1.73. The summed E-state index contributed by atoms with van der Waals surface area (Å²) in [6.07, 6.45) is -1.16. The number of carboxylic acid groups (broad SMARTS) is 1. The van der Waals surface area contributed by atoms with Crippen LogP contribution in [0.2, 0.25) is 0 Å². The Kier molecular flexibility index (Phi) is 3.06. The molecule has 4 N–H and O–H groups in total. The van der Waals surface area contributed by atoms with E-state index in [1.54, 1.807) is 0 Å². The molecule has 0 heterocycles. The number of nitrogen functional groups attached to an aromatic ring is 1. The smallest absolute Gasteiger partial charge is 0.404 e. The lowest BCUT2D eigenvalue weighted by Gasteiger charge is -2.02. The molecule has 0 radical (unpaired) electrons. The second-order valence-electron chi connectivity index (χ2n) is 2.81. The molecule has 1 amide bonds. The van der Waals surface area contributed by atoms with E-state index in [4.69, 9.17) is 10.8 Å². The molecule has 7 nitrogen and oxygen atoms in total. The van der Waals surface area contributed by atoms with Gasteiger partial charge in [0.05, 0.1) is 4.92 Å². The minimum Gasteiger partial charge on any atom is -0.465 e. The summed E-state index contributed by atoms with van der Waals surface area (Å²) in [6.45, 7) is 0.0670. The van der Waals surface area contributed by atoms with Gasteiger partial charge in [0.15, 0.2) is 0 Å². The SMILES string of the molecule is Nc1cc(CNC(=O)O)ccc1[N+](=O)[O-]. The van der Waals surface area contributed by atoms with Gasteiger partial charge in [-0.1, -0.05) is 6.07 Å². The number of nitrogens with one attached hydrogen (secondary N) is 1. The highest BCUT2D eigenvalue weighted by Crippen LogP contribution is 2.21. The minimum absolute atomic E-state index is 0.0182. The van der Waals surface area contributed by atoms with Gasteiger partial charge in [0.1, 0.15) is 5.69 Å². The molecule has 0 fully saturated rings. The van der Waals surface area contributed by atoms with Crippen molar-refractivity contribution in [3.8, 4) is 0 Å². The molecule has 0 aliphatic heterocycles. The van der Waals surface area contributed by atoms with Crippen LogP contribution in [0.25, 0.3) is 0 Å². The van der Waals surface area contributed by atoms with E-state index in [2.05, 4.69) is 5.32 Å². The topological polar surface area (TPSA) is 118 Å². The molecule has 15 heavy (non-hydrogen) atoms. The molecular weight excluding hydrogens is 202 g/mol. The van der Waals surface area contributed by atoms with E-state index in [1.807, 2.05) is 0 Å². The van der Waals surface area contributed by atoms with Gasteiger partial charge < -0.3 is 16.2 Å². The Balaban J connectivity index is 2.82. The number of rotatable bonds is 3. The second-order valence-corrected chi connectivity index (χ2v) is 2.81. The maximum Gasteiger partial charge on any atom is 0.404 e. The maximum atomic E-state index is 10.4. The fourth-order valence-electron chi connectivity index (χ4n) is 1.06. The standard InChI is InChI=1S/C8H9N3O4/c9-6-3-5(4-10-8(12)13)1-2-7(6)11(14)15/h1-3,10H,4,9H2,(H,12,13). The minimum atomic E-state index is -1.16. The summed E-state index contributed by atoms with van der Waals surface area (Å²) in [7, 11) is 0. The van der Waals surface area contributed by atoms with Crippen LogP contribution in [0.4, 0.5) is 16.2 Å². The van der Waals surface area contributed by atoms with Crippen LogP contribution >= 0.6 is 0 Å². The summed E-state index contributed by atoms with van der Waals surface area (Å²) < 4.78 is 0. The van der Waals surface area contributed by atoms with Gasteiger partial charge in [-0.2, -0.15) is 0 Å². The van der Waals surface area contributed by atoms with Crippen LogP contribution in [0.5, 0.6) is 0 Å². The first-order chi connectivity index (χ1) is 7.00. The highest BCUT2D eigenvalue weighted by atomic mass is 16.6. The van der Waals surface area contributed by atoms with Crippen molar-refractivity contribution in [1.82, 2.24) is 5.32 Å². The zero-order chi connectivity index (χ0) is 11.4. The highest BCUT2D eigenvalue weighted by Gasteiger charge is 2.10. The Hall–Kier alpha value is -2.31. The second kappa shape index (κ2) is 4.27. The predicted octanol–water partition coefficient (Wildman–Crippen LogP) is 0.945. The lowest BCUT2D eigenvalue weighted by atomic mass is 10.2. The quantitative estimate of drug-likeness (QED) is 0.390. The zero-order valence-corrected chi connectivity index (χ0v) is 7.64. The van der Waals surface area contributed by atoms with Crippen molar-refractivity contribution in [3.05, 3.63) is 33.9 Å². The number of hydrogen-bond donors (Lipinski definition) is 3. The number of nitrogens with zero attached hydrogens (tertiary/aromatic N) is 1. The lowest BCUT2D eigenvalue weighted by Crippen LogP contribution is -2.19. The van der Waals surface area contributed by atoms with E-state index in [1.165, 1.54) is 18.2 Å². The first-order valence-electron chi connectivity index (χ1n) is 4.00. The van der Waals surface area contributed by atoms with Crippen LogP contribution in [0.15, 0.2) is 18.2 Å². The van der Waals surface area contributed by atoms with Crippen LogP contribution < -0.4 is 11.1 Å². The molecular formula is C8H9N3O4. The van der Waals surface area contributed by atoms with Gasteiger partial charge in [0.25, 0.3) is 5.69 Å². The predicted molar refractivity (Wildman–Crippen MR) is 52.4 cm³/mol. The molecule has 0 aromatic heterocycles. The van der Waals surface area contributed by atoms with Crippen LogP contribution in [0.3, 0.4) is 0 Å². The summed E-state index contributed by atoms with van der Waals surface area (Å²) in [6, 6.07) is 4.06. The molecule has 0 atom stereocenters. The number of nitro groups is 1. The van der Waals surface area contributed by atoms with E-state index < -0.39 is 11.0 Å². The Morgan fingerprint density at radius 2 is 2.27 bits per heavy atom. The number of hydrogen-bond acceptors (Lipinski definition) is 4. The van der Waals surface area contributed by atoms with Crippen molar-refractivity contribution >= 4 is 17.5 Å². The average molecular weight is 211 g/mol. The molecule has 0 aliphatic carbocycles. The van der Waals surface area contributed by atoms with Crippen molar-refractivity contribution in [2.75, 3.05) is 5.73 Å². The van der Waals surface area contributed by atoms with E-state index in [-0.39, 0.29) is 17.9 Å². The molecule has 1 rings (SSSR count). The first kappa shape index (κ1) is 10.8. The number of benzene rings is 1. The molecule has 0 saturated carbocycles. The average Bonchev–Trinajstić information content (AvgIpc) is 2.14. The van der Waals surface area contributed by atoms with Gasteiger partial charge in [-0.3, -0.25) is 10.1 Å². The Morgan fingerprint density at radius 1 is 1.60 bits per heavy atom. The first-order valence-corrected chi connectivity index (χ1v) is 4.00. The van der Waals surface area contributed by atoms with E-state index in [0.717, 1.165) is 0 Å². The maximum absolute atomic E-state index is 10.4. The number of amides is 1. The Morgan fingerprint density at radius 3 is 2.73 bits per heavy atom. The fourth-order valence-corrected chi connectivity index (χ4v) is 1.06. The van der Waals surface area contributed by atoms with Crippen LogP contribution in [-0.2, 0) is 6.54 Å². The fraction of sp³-hybridized carbons (Fsp3) is 0.125. The van der Waals surface area contributed by atoms with Crippen molar-refractivity contribution < 1.29 is 14.8 Å². The molecule has 1 aromatic carbocycles. The van der Waals surface area contributed by atoms with E-state index >= 15 is 0 Å². The van der Waals surface area contributed by atoms with Gasteiger partial charge in [0.2, 0.25) is 0 Å². The molecule has 0 saturated heterocycles. The zero-order valence-electron chi connectivity index (χ0n) is 7.64. The molecule has 7 heteroatoms. The summed E-state index contributed by atoms with van der Waals surface area (Å²) in [4.78, 5) is 20.0. The monoisotopic (exact) mass is 211 g/mol. The summed E-state index contributed by atoms with van der Waals surface area (Å²) in [5.74, 6) is 0. The lowest BCUT2D eigenvalue weighted by molar-refractivity contribution is -0.383. The number of carbonyl (C=O) groups is 1. The van der Waals surface area contributed by atoms with Gasteiger partial charge >= 0.3 is 6.09 Å². The van der Waals surface area contributed by atoms with Gasteiger partial charge in [-0.05, 0) is 11.6 Å². The van der Waals surface area contributed by atoms with Crippen molar-refractivity contribution in [2.45, 2.75) is 6.54 Å². The highest BCUT2D eigenvalue weighted by molar-refractivity contribution is 5.65. The van der Waals surface area contributed by atoms with Crippen molar-refractivity contribution in [1.29, 1.82) is 0 Å².